The molecule has 0 N–H and O–H groups in total. The maximum atomic E-state index is 10.4. The summed E-state index contributed by atoms with van der Waals surface area (Å²) in [6, 6.07) is 29.0. The highest BCUT2D eigenvalue weighted by Gasteiger charge is 2.19. The van der Waals surface area contributed by atoms with E-state index in [9.17, 15) is 13.0 Å². The molecular weight excluding hydrogens is 396 g/mol. The lowest BCUT2D eigenvalue weighted by Gasteiger charge is -2.05. The van der Waals surface area contributed by atoms with Gasteiger partial charge < -0.3 is 4.55 Å². The van der Waals surface area contributed by atoms with E-state index >= 15 is 0 Å². The van der Waals surface area contributed by atoms with Crippen LogP contribution in [0.15, 0.2) is 95.9 Å². The highest BCUT2D eigenvalue weighted by molar-refractivity contribution is 7.85. The molecule has 4 rings (SSSR count). The summed E-state index contributed by atoms with van der Waals surface area (Å²) in [7, 11) is -0.0855. The third-order valence-corrected chi connectivity index (χ3v) is 5.72. The number of aryl methyl sites for hydroxylation is 1. The Labute approximate surface area is 177 Å². The normalized spacial score (nSPS) is 10.9. The van der Waals surface area contributed by atoms with Crippen LogP contribution in [0.4, 0.5) is 0 Å². The summed E-state index contributed by atoms with van der Waals surface area (Å²) < 4.78 is 35.5. The van der Waals surface area contributed by atoms with Crippen molar-refractivity contribution < 1.29 is 17.7 Å². The maximum absolute atomic E-state index is 10.4. The first-order valence-corrected chi connectivity index (χ1v) is 10.9. The zero-order valence-corrected chi connectivity index (χ0v) is 18.0. The number of hydrogen-bond donors (Lipinski definition) is 0. The van der Waals surface area contributed by atoms with E-state index in [1.165, 1.54) is 34.6 Å². The first-order chi connectivity index (χ1) is 14.3. The zero-order chi connectivity index (χ0) is 21.7. The molecule has 0 unspecified atom stereocenters. The van der Waals surface area contributed by atoms with Crippen molar-refractivity contribution in [2.24, 2.45) is 14.1 Å². The Hall–Kier alpha value is -3.22. The standard InChI is InChI=1S/C17H17N2.C7H8O3S/c1-18-16(14-9-5-3-6-10-14)13-17(19(18)2)15-11-7-4-8-12-15;1-6-2-4-7(5-3-6)11(8,9)10/h3-13H,1-2H3;2-5H,1H3,(H,8,9,10)/q+1;/p-1. The van der Waals surface area contributed by atoms with Crippen molar-refractivity contribution >= 4 is 10.1 Å². The first-order valence-electron chi connectivity index (χ1n) is 9.47. The van der Waals surface area contributed by atoms with E-state index < -0.39 is 10.1 Å². The van der Waals surface area contributed by atoms with Crippen LogP contribution in [0.1, 0.15) is 5.56 Å². The number of rotatable bonds is 3. The lowest BCUT2D eigenvalue weighted by atomic mass is 10.1. The van der Waals surface area contributed by atoms with E-state index in [4.69, 9.17) is 0 Å². The van der Waals surface area contributed by atoms with Gasteiger partial charge in [0.15, 0.2) is 7.05 Å². The molecule has 0 atom stereocenters. The van der Waals surface area contributed by atoms with Crippen molar-refractivity contribution in [1.29, 1.82) is 0 Å². The topological polar surface area (TPSA) is 66.0 Å². The van der Waals surface area contributed by atoms with Gasteiger partial charge in [-0.25, -0.2) is 8.42 Å². The average molecular weight is 421 g/mol. The summed E-state index contributed by atoms with van der Waals surface area (Å²) in [5, 5.41) is 0. The Morgan fingerprint density at radius 2 is 1.30 bits per heavy atom. The predicted octanol–water partition coefficient (Wildman–Crippen LogP) is 4.08. The van der Waals surface area contributed by atoms with Crippen molar-refractivity contribution in [3.8, 4) is 22.5 Å². The fraction of sp³-hybridized carbons (Fsp3) is 0.125. The largest absolute Gasteiger partial charge is 0.744 e. The first kappa shape index (κ1) is 21.5. The van der Waals surface area contributed by atoms with Crippen LogP contribution >= 0.6 is 0 Å². The van der Waals surface area contributed by atoms with Crippen LogP contribution < -0.4 is 4.68 Å². The third-order valence-electron chi connectivity index (χ3n) is 4.87. The zero-order valence-electron chi connectivity index (χ0n) is 17.2. The van der Waals surface area contributed by atoms with E-state index in [0.717, 1.165) is 5.56 Å². The smallest absolute Gasteiger partial charge is 0.238 e. The second kappa shape index (κ2) is 9.07. The van der Waals surface area contributed by atoms with E-state index in [-0.39, 0.29) is 4.90 Å². The second-order valence-electron chi connectivity index (χ2n) is 6.96. The number of hydrogen-bond acceptors (Lipinski definition) is 3. The van der Waals surface area contributed by atoms with Crippen molar-refractivity contribution in [3.63, 3.8) is 0 Å². The van der Waals surface area contributed by atoms with Gasteiger partial charge in [0.2, 0.25) is 5.69 Å². The summed E-state index contributed by atoms with van der Waals surface area (Å²) in [5.41, 5.74) is 5.85. The van der Waals surface area contributed by atoms with Gasteiger partial charge in [0.25, 0.3) is 0 Å². The summed E-state index contributed by atoms with van der Waals surface area (Å²) in [5.74, 6) is 0. The van der Waals surface area contributed by atoms with Gasteiger partial charge in [-0.2, -0.15) is 4.68 Å². The Balaban J connectivity index is 0.000000199. The fourth-order valence-electron chi connectivity index (χ4n) is 3.10. The highest BCUT2D eigenvalue weighted by atomic mass is 32.2. The molecular formula is C24H24N2O3S. The SMILES string of the molecule is Cc1ccc(S(=O)(=O)[O-])cc1.Cn1c(-c2ccccc2)cc(-c2ccccc2)[n+]1C. The lowest BCUT2D eigenvalue weighted by Crippen LogP contribution is -2.39. The quantitative estimate of drug-likeness (QED) is 0.370. The molecule has 0 aliphatic heterocycles. The molecule has 154 valence electrons. The predicted molar refractivity (Wildman–Crippen MR) is 117 cm³/mol. The molecule has 6 heteroatoms. The molecule has 0 radical (unpaired) electrons. The average Bonchev–Trinajstić information content (AvgIpc) is 3.04. The van der Waals surface area contributed by atoms with Crippen LogP contribution in [0.5, 0.6) is 0 Å². The Kier molecular flexibility index (Phi) is 6.50. The summed E-state index contributed by atoms with van der Waals surface area (Å²) >= 11 is 0. The van der Waals surface area contributed by atoms with Gasteiger partial charge in [0.05, 0.1) is 11.9 Å². The Morgan fingerprint density at radius 3 is 1.80 bits per heavy atom. The summed E-state index contributed by atoms with van der Waals surface area (Å²) in [6.45, 7) is 1.82. The van der Waals surface area contributed by atoms with Crippen LogP contribution in [0.25, 0.3) is 22.5 Å². The molecule has 0 amide bonds. The van der Waals surface area contributed by atoms with Gasteiger partial charge in [-0.05, 0) is 31.2 Å². The molecule has 0 saturated carbocycles. The minimum atomic E-state index is -4.27. The number of nitrogens with zero attached hydrogens (tertiary/aromatic N) is 2. The van der Waals surface area contributed by atoms with Crippen LogP contribution in [0.3, 0.4) is 0 Å². The maximum Gasteiger partial charge on any atom is 0.238 e. The second-order valence-corrected chi connectivity index (χ2v) is 8.34. The molecule has 0 aliphatic rings. The third kappa shape index (κ3) is 5.03. The minimum Gasteiger partial charge on any atom is -0.744 e. The van der Waals surface area contributed by atoms with Crippen molar-refractivity contribution in [2.75, 3.05) is 0 Å². The Bertz CT molecular complexity index is 1150. The lowest BCUT2D eigenvalue weighted by molar-refractivity contribution is -0.740. The van der Waals surface area contributed by atoms with Crippen LogP contribution in [-0.4, -0.2) is 17.7 Å². The van der Waals surface area contributed by atoms with E-state index in [1.54, 1.807) is 12.1 Å². The van der Waals surface area contributed by atoms with Gasteiger partial charge in [-0.15, -0.1) is 4.68 Å². The molecule has 0 fully saturated rings. The van der Waals surface area contributed by atoms with Gasteiger partial charge in [-0.3, -0.25) is 0 Å². The van der Waals surface area contributed by atoms with Gasteiger partial charge in [-0.1, -0.05) is 66.2 Å². The molecule has 4 aromatic rings. The van der Waals surface area contributed by atoms with Crippen LogP contribution in [-0.2, 0) is 24.2 Å². The molecule has 3 aromatic carbocycles. The minimum absolute atomic E-state index is 0.178. The molecule has 0 bridgehead atoms. The summed E-state index contributed by atoms with van der Waals surface area (Å²) in [6.07, 6.45) is 0. The fourth-order valence-corrected chi connectivity index (χ4v) is 3.57. The summed E-state index contributed by atoms with van der Waals surface area (Å²) in [4.78, 5) is -0.178. The van der Waals surface area contributed by atoms with Gasteiger partial charge in [0, 0.05) is 17.2 Å². The van der Waals surface area contributed by atoms with E-state index in [0.29, 0.717) is 0 Å². The van der Waals surface area contributed by atoms with E-state index in [2.05, 4.69) is 78.1 Å². The highest BCUT2D eigenvalue weighted by Crippen LogP contribution is 2.23. The molecule has 5 nitrogen and oxygen atoms in total. The van der Waals surface area contributed by atoms with Gasteiger partial charge >= 0.3 is 0 Å². The van der Waals surface area contributed by atoms with Crippen LogP contribution in [0.2, 0.25) is 0 Å². The Morgan fingerprint density at radius 1 is 0.800 bits per heavy atom. The van der Waals surface area contributed by atoms with Crippen molar-refractivity contribution in [2.45, 2.75) is 11.8 Å². The van der Waals surface area contributed by atoms with E-state index in [1.807, 2.05) is 19.1 Å². The van der Waals surface area contributed by atoms with Gasteiger partial charge in [0.1, 0.15) is 15.8 Å². The monoisotopic (exact) mass is 420 g/mol. The molecule has 30 heavy (non-hydrogen) atoms. The van der Waals surface area contributed by atoms with Crippen molar-refractivity contribution in [1.82, 2.24) is 4.68 Å². The molecule has 0 spiro atoms. The van der Waals surface area contributed by atoms with Crippen molar-refractivity contribution in [3.05, 3.63) is 96.6 Å². The number of benzene rings is 3. The van der Waals surface area contributed by atoms with Crippen LogP contribution in [0, 0.1) is 6.92 Å². The molecule has 1 heterocycles. The molecule has 0 saturated heterocycles. The molecule has 1 aromatic heterocycles. The molecule has 0 aliphatic carbocycles. The number of aromatic nitrogens is 2.